The molecule has 0 aromatic carbocycles. The van der Waals surface area contributed by atoms with Gasteiger partial charge in [-0.3, -0.25) is 0 Å². The zero-order valence-electron chi connectivity index (χ0n) is 10.9. The van der Waals surface area contributed by atoms with Crippen molar-refractivity contribution in [2.75, 3.05) is 6.61 Å². The van der Waals surface area contributed by atoms with Gasteiger partial charge in [0.15, 0.2) is 0 Å². The quantitative estimate of drug-likeness (QED) is 0.817. The Hall–Kier alpha value is -0.0800. The molecule has 3 rings (SSSR count). The second-order valence-electron chi connectivity index (χ2n) is 6.59. The van der Waals surface area contributed by atoms with Crippen molar-refractivity contribution in [2.24, 2.45) is 11.8 Å². The summed E-state index contributed by atoms with van der Waals surface area (Å²) in [7, 11) is 0. The molecule has 3 fully saturated rings. The minimum Gasteiger partial charge on any atom is -0.393 e. The van der Waals surface area contributed by atoms with Gasteiger partial charge in [-0.05, 0) is 63.2 Å². The van der Waals surface area contributed by atoms with Gasteiger partial charge in [-0.25, -0.2) is 0 Å². The van der Waals surface area contributed by atoms with E-state index in [1.54, 1.807) is 0 Å². The van der Waals surface area contributed by atoms with Crippen LogP contribution in [0.1, 0.15) is 64.2 Å². The van der Waals surface area contributed by atoms with E-state index in [-0.39, 0.29) is 11.7 Å². The molecule has 0 amide bonds. The smallest absolute Gasteiger partial charge is 0.0685 e. The van der Waals surface area contributed by atoms with Crippen molar-refractivity contribution in [1.82, 2.24) is 0 Å². The van der Waals surface area contributed by atoms with Crippen LogP contribution in [0.3, 0.4) is 0 Å². The number of ether oxygens (including phenoxy) is 1. The summed E-state index contributed by atoms with van der Waals surface area (Å²) in [6.07, 6.45) is 12.5. The summed E-state index contributed by atoms with van der Waals surface area (Å²) in [5.74, 6) is 1.33. The first-order valence-electron chi connectivity index (χ1n) is 7.59. The van der Waals surface area contributed by atoms with Gasteiger partial charge >= 0.3 is 0 Å². The summed E-state index contributed by atoms with van der Waals surface area (Å²) in [6.45, 7) is 0.933. The summed E-state index contributed by atoms with van der Waals surface area (Å²) in [4.78, 5) is 0. The van der Waals surface area contributed by atoms with Crippen LogP contribution in [-0.2, 0) is 4.74 Å². The molecule has 17 heavy (non-hydrogen) atoms. The lowest BCUT2D eigenvalue weighted by Crippen LogP contribution is -2.46. The van der Waals surface area contributed by atoms with Crippen LogP contribution in [0.5, 0.6) is 0 Å². The number of hydrogen-bond acceptors (Lipinski definition) is 2. The highest BCUT2D eigenvalue weighted by Crippen LogP contribution is 2.45. The monoisotopic (exact) mass is 238 g/mol. The molecule has 1 aliphatic heterocycles. The first-order chi connectivity index (χ1) is 8.27. The minimum absolute atomic E-state index is 0.0299. The average Bonchev–Trinajstić information content (AvgIpc) is 2.81. The Morgan fingerprint density at radius 3 is 2.53 bits per heavy atom. The molecule has 98 valence electrons. The summed E-state index contributed by atoms with van der Waals surface area (Å²) >= 11 is 0. The average molecular weight is 238 g/mol. The largest absolute Gasteiger partial charge is 0.393 e. The molecule has 0 aromatic rings. The van der Waals surface area contributed by atoms with Crippen molar-refractivity contribution in [3.63, 3.8) is 0 Å². The molecule has 1 N–H and O–H groups in total. The van der Waals surface area contributed by atoms with Gasteiger partial charge in [-0.1, -0.05) is 12.8 Å². The molecule has 1 spiro atoms. The molecule has 0 radical (unpaired) electrons. The van der Waals surface area contributed by atoms with E-state index in [0.29, 0.717) is 5.92 Å². The van der Waals surface area contributed by atoms with Gasteiger partial charge in [-0.15, -0.1) is 0 Å². The lowest BCUT2D eigenvalue weighted by atomic mass is 9.70. The normalized spacial score (nSPS) is 34.8. The Kier molecular flexibility index (Phi) is 3.45. The van der Waals surface area contributed by atoms with Crippen LogP contribution >= 0.6 is 0 Å². The molecule has 1 heterocycles. The zero-order valence-corrected chi connectivity index (χ0v) is 10.9. The molecule has 1 saturated heterocycles. The fraction of sp³-hybridized carbons (Fsp3) is 1.00. The van der Waals surface area contributed by atoms with E-state index in [9.17, 15) is 5.11 Å². The van der Waals surface area contributed by atoms with Crippen LogP contribution < -0.4 is 0 Å². The van der Waals surface area contributed by atoms with Gasteiger partial charge < -0.3 is 9.84 Å². The standard InChI is InChI=1S/C15H26O2/c16-14(13-4-1-2-5-13)10-12-6-9-17-15(11-12)7-3-8-15/h12-14,16H,1-11H2. The fourth-order valence-electron chi connectivity index (χ4n) is 4.13. The van der Waals surface area contributed by atoms with E-state index < -0.39 is 0 Å². The molecule has 2 aliphatic carbocycles. The van der Waals surface area contributed by atoms with Crippen LogP contribution in [0.25, 0.3) is 0 Å². The van der Waals surface area contributed by atoms with Gasteiger partial charge in [0.05, 0.1) is 11.7 Å². The molecular weight excluding hydrogens is 212 g/mol. The van der Waals surface area contributed by atoms with Gasteiger partial charge in [-0.2, -0.15) is 0 Å². The Bertz CT molecular complexity index is 254. The molecule has 2 saturated carbocycles. The van der Waals surface area contributed by atoms with Crippen LogP contribution in [0, 0.1) is 11.8 Å². The van der Waals surface area contributed by atoms with Crippen LogP contribution in [0.4, 0.5) is 0 Å². The van der Waals surface area contributed by atoms with Gasteiger partial charge in [0.1, 0.15) is 0 Å². The number of rotatable bonds is 3. The maximum atomic E-state index is 10.3. The number of aliphatic hydroxyl groups excluding tert-OH is 1. The van der Waals surface area contributed by atoms with E-state index >= 15 is 0 Å². The molecule has 2 heteroatoms. The third-order valence-corrected chi connectivity index (χ3v) is 5.38. The Labute approximate surface area is 105 Å². The van der Waals surface area contributed by atoms with E-state index in [1.165, 1.54) is 57.8 Å². The molecular formula is C15H26O2. The first-order valence-corrected chi connectivity index (χ1v) is 7.59. The van der Waals surface area contributed by atoms with Crippen molar-refractivity contribution in [3.05, 3.63) is 0 Å². The van der Waals surface area contributed by atoms with Crippen LogP contribution in [0.15, 0.2) is 0 Å². The second kappa shape index (κ2) is 4.89. The summed E-state index contributed by atoms with van der Waals surface area (Å²) in [5, 5.41) is 10.3. The predicted molar refractivity (Wildman–Crippen MR) is 67.8 cm³/mol. The highest BCUT2D eigenvalue weighted by atomic mass is 16.5. The molecule has 2 unspecified atom stereocenters. The highest BCUT2D eigenvalue weighted by Gasteiger charge is 2.43. The van der Waals surface area contributed by atoms with Gasteiger partial charge in [0.2, 0.25) is 0 Å². The Balaban J connectivity index is 1.50. The van der Waals surface area contributed by atoms with Crippen molar-refractivity contribution >= 4 is 0 Å². The first kappa shape index (κ1) is 12.0. The van der Waals surface area contributed by atoms with Crippen molar-refractivity contribution in [1.29, 1.82) is 0 Å². The van der Waals surface area contributed by atoms with Crippen molar-refractivity contribution in [2.45, 2.75) is 75.9 Å². The second-order valence-corrected chi connectivity index (χ2v) is 6.59. The lowest BCUT2D eigenvalue weighted by Gasteiger charge is -2.47. The maximum Gasteiger partial charge on any atom is 0.0685 e. The summed E-state index contributed by atoms with van der Waals surface area (Å²) in [6, 6.07) is 0. The molecule has 0 bridgehead atoms. The fourth-order valence-corrected chi connectivity index (χ4v) is 4.13. The van der Waals surface area contributed by atoms with Crippen molar-refractivity contribution < 1.29 is 9.84 Å². The lowest BCUT2D eigenvalue weighted by molar-refractivity contribution is -0.147. The van der Waals surface area contributed by atoms with Gasteiger partial charge in [0.25, 0.3) is 0 Å². The predicted octanol–water partition coefficient (Wildman–Crippen LogP) is 3.28. The number of hydrogen-bond donors (Lipinski definition) is 1. The SMILES string of the molecule is OC(CC1CCOC2(CCC2)C1)C1CCCC1. The highest BCUT2D eigenvalue weighted by molar-refractivity contribution is 4.94. The third kappa shape index (κ3) is 2.53. The number of aliphatic hydroxyl groups is 1. The van der Waals surface area contributed by atoms with Gasteiger partial charge in [0, 0.05) is 6.61 Å². The molecule has 2 atom stereocenters. The molecule has 3 aliphatic rings. The van der Waals surface area contributed by atoms with E-state index in [2.05, 4.69) is 0 Å². The summed E-state index contributed by atoms with van der Waals surface area (Å²) in [5.41, 5.74) is 0.248. The summed E-state index contributed by atoms with van der Waals surface area (Å²) < 4.78 is 5.96. The Morgan fingerprint density at radius 1 is 1.12 bits per heavy atom. The Morgan fingerprint density at radius 2 is 1.88 bits per heavy atom. The van der Waals surface area contributed by atoms with Crippen molar-refractivity contribution in [3.8, 4) is 0 Å². The topological polar surface area (TPSA) is 29.5 Å². The third-order valence-electron chi connectivity index (χ3n) is 5.38. The molecule has 2 nitrogen and oxygen atoms in total. The van der Waals surface area contributed by atoms with Crippen LogP contribution in [0.2, 0.25) is 0 Å². The zero-order chi connectivity index (χ0) is 11.7. The van der Waals surface area contributed by atoms with E-state index in [0.717, 1.165) is 18.9 Å². The maximum absolute atomic E-state index is 10.3. The minimum atomic E-state index is -0.0299. The molecule has 0 aromatic heterocycles. The van der Waals surface area contributed by atoms with Crippen LogP contribution in [-0.4, -0.2) is 23.4 Å². The van der Waals surface area contributed by atoms with E-state index in [1.807, 2.05) is 0 Å². The van der Waals surface area contributed by atoms with E-state index in [4.69, 9.17) is 4.74 Å².